The van der Waals surface area contributed by atoms with Crippen molar-refractivity contribution >= 4 is 33.1 Å². The van der Waals surface area contributed by atoms with E-state index in [0.29, 0.717) is 11.6 Å². The Morgan fingerprint density at radius 2 is 1.96 bits per heavy atom. The second-order valence-electron chi connectivity index (χ2n) is 7.39. The van der Waals surface area contributed by atoms with E-state index in [9.17, 15) is 9.90 Å². The smallest absolute Gasteiger partial charge is 0.251 e. The van der Waals surface area contributed by atoms with Crippen molar-refractivity contribution in [3.63, 3.8) is 0 Å². The topological polar surface area (TPSA) is 79.2 Å². The van der Waals surface area contributed by atoms with E-state index in [-0.39, 0.29) is 5.91 Å². The number of rotatable bonds is 5. The molecule has 4 rings (SSSR count). The molecule has 3 aromatic rings. The molecule has 2 aromatic heterocycles. The van der Waals surface area contributed by atoms with Crippen molar-refractivity contribution in [3.8, 4) is 0 Å². The lowest BCUT2D eigenvalue weighted by atomic mass is 9.96. The predicted octanol–water partition coefficient (Wildman–Crippen LogP) is 4.37. The minimum atomic E-state index is -0.803. The van der Waals surface area contributed by atoms with Crippen LogP contribution >= 0.6 is 11.3 Å². The highest BCUT2D eigenvalue weighted by atomic mass is 32.1. The van der Waals surface area contributed by atoms with Crippen LogP contribution in [0, 0.1) is 6.92 Å². The third kappa shape index (κ3) is 3.64. The summed E-state index contributed by atoms with van der Waals surface area (Å²) in [5.74, 6) is -0.126. The molecular formula is C21H26N4O2S. The molecule has 1 aliphatic carbocycles. The Labute approximate surface area is 168 Å². The molecule has 1 atom stereocenters. The Bertz CT molecular complexity index is 970. The molecule has 2 heterocycles. The Balaban J connectivity index is 1.54. The quantitative estimate of drug-likeness (QED) is 0.558. The number of hydrogen-bond acceptors (Lipinski definition) is 5. The number of nitrogens with one attached hydrogen (secondary N) is 2. The summed E-state index contributed by atoms with van der Waals surface area (Å²) < 4.78 is 2.18. The second-order valence-corrected chi connectivity index (χ2v) is 8.45. The van der Waals surface area contributed by atoms with Gasteiger partial charge in [0.25, 0.3) is 5.91 Å². The molecule has 0 radical (unpaired) electrons. The van der Waals surface area contributed by atoms with Crippen LogP contribution in [0.15, 0.2) is 30.3 Å². The number of anilines is 1. The average Bonchev–Trinajstić information content (AvgIpc) is 3.29. The van der Waals surface area contributed by atoms with E-state index < -0.39 is 6.23 Å². The van der Waals surface area contributed by atoms with Gasteiger partial charge in [-0.2, -0.15) is 5.10 Å². The number of amides is 1. The zero-order valence-corrected chi connectivity index (χ0v) is 17.1. The fourth-order valence-electron chi connectivity index (χ4n) is 3.89. The zero-order chi connectivity index (χ0) is 19.7. The minimum Gasteiger partial charge on any atom is -0.369 e. The van der Waals surface area contributed by atoms with Crippen molar-refractivity contribution in [3.05, 3.63) is 46.5 Å². The molecule has 0 aliphatic heterocycles. The molecular weight excluding hydrogens is 372 g/mol. The fraction of sp³-hybridized carbons (Fsp3) is 0.429. The predicted molar refractivity (Wildman–Crippen MR) is 113 cm³/mol. The van der Waals surface area contributed by atoms with Crippen LogP contribution in [-0.2, 0) is 0 Å². The molecule has 6 nitrogen and oxygen atoms in total. The van der Waals surface area contributed by atoms with E-state index in [1.54, 1.807) is 42.6 Å². The Morgan fingerprint density at radius 1 is 1.25 bits per heavy atom. The number of benzene rings is 1. The van der Waals surface area contributed by atoms with Crippen molar-refractivity contribution in [2.45, 2.75) is 51.3 Å². The average molecular weight is 399 g/mol. The second kappa shape index (κ2) is 7.93. The van der Waals surface area contributed by atoms with E-state index in [0.717, 1.165) is 26.5 Å². The molecule has 1 saturated carbocycles. The molecule has 1 unspecified atom stereocenters. The normalized spacial score (nSPS) is 16.2. The summed E-state index contributed by atoms with van der Waals surface area (Å²) in [7, 11) is 1.61. The maximum atomic E-state index is 11.6. The van der Waals surface area contributed by atoms with Crippen molar-refractivity contribution in [2.24, 2.45) is 0 Å². The van der Waals surface area contributed by atoms with Gasteiger partial charge in [0, 0.05) is 23.7 Å². The summed E-state index contributed by atoms with van der Waals surface area (Å²) in [6.45, 7) is 2.04. The third-order valence-electron chi connectivity index (χ3n) is 5.45. The van der Waals surface area contributed by atoms with Gasteiger partial charge < -0.3 is 15.7 Å². The molecule has 3 N–H and O–H groups in total. The van der Waals surface area contributed by atoms with Crippen molar-refractivity contribution in [2.75, 3.05) is 12.4 Å². The van der Waals surface area contributed by atoms with Gasteiger partial charge in [0.05, 0.1) is 16.6 Å². The summed E-state index contributed by atoms with van der Waals surface area (Å²) in [4.78, 5) is 13.7. The SMILES string of the molecule is CNC(=O)c1ccc(NC(O)c2cc3c(C)nn(C4CCCCC4)c3s2)cc1. The van der Waals surface area contributed by atoms with Crippen LogP contribution in [0.2, 0.25) is 0 Å². The van der Waals surface area contributed by atoms with Gasteiger partial charge in [0.1, 0.15) is 4.83 Å². The molecule has 0 saturated heterocycles. The number of aromatic nitrogens is 2. The van der Waals surface area contributed by atoms with Gasteiger partial charge in [-0.3, -0.25) is 9.48 Å². The van der Waals surface area contributed by atoms with Crippen LogP contribution in [0.5, 0.6) is 0 Å². The Morgan fingerprint density at radius 3 is 2.64 bits per heavy atom. The van der Waals surface area contributed by atoms with Crippen LogP contribution in [0.4, 0.5) is 5.69 Å². The summed E-state index contributed by atoms with van der Waals surface area (Å²) in [5.41, 5.74) is 2.38. The van der Waals surface area contributed by atoms with Crippen molar-refractivity contribution in [1.82, 2.24) is 15.1 Å². The highest BCUT2D eigenvalue weighted by Crippen LogP contribution is 2.37. The van der Waals surface area contributed by atoms with Gasteiger partial charge in [-0.1, -0.05) is 19.3 Å². The van der Waals surface area contributed by atoms with Gasteiger partial charge >= 0.3 is 0 Å². The first-order chi connectivity index (χ1) is 13.6. The first-order valence-corrected chi connectivity index (χ1v) is 10.6. The molecule has 148 valence electrons. The molecule has 1 fully saturated rings. The summed E-state index contributed by atoms with van der Waals surface area (Å²) in [6.07, 6.45) is 5.40. The maximum Gasteiger partial charge on any atom is 0.251 e. The van der Waals surface area contributed by atoms with Crippen molar-refractivity contribution in [1.29, 1.82) is 0 Å². The molecule has 28 heavy (non-hydrogen) atoms. The molecule has 0 spiro atoms. The van der Waals surface area contributed by atoms with Gasteiger partial charge in [0.2, 0.25) is 0 Å². The number of aryl methyl sites for hydroxylation is 1. The monoisotopic (exact) mass is 398 g/mol. The van der Waals surface area contributed by atoms with E-state index in [2.05, 4.69) is 15.3 Å². The summed E-state index contributed by atoms with van der Waals surface area (Å²) in [6, 6.07) is 9.59. The highest BCUT2D eigenvalue weighted by Gasteiger charge is 2.22. The lowest BCUT2D eigenvalue weighted by Crippen LogP contribution is -2.17. The maximum absolute atomic E-state index is 11.6. The number of thiophene rings is 1. The van der Waals surface area contributed by atoms with Gasteiger partial charge in [-0.15, -0.1) is 11.3 Å². The number of carbonyl (C=O) groups is 1. The van der Waals surface area contributed by atoms with E-state index >= 15 is 0 Å². The lowest BCUT2D eigenvalue weighted by Gasteiger charge is -2.22. The van der Waals surface area contributed by atoms with Crippen LogP contribution < -0.4 is 10.6 Å². The Kier molecular flexibility index (Phi) is 5.37. The Hall–Kier alpha value is -2.38. The van der Waals surface area contributed by atoms with E-state index in [4.69, 9.17) is 5.10 Å². The minimum absolute atomic E-state index is 0.126. The molecule has 1 aliphatic rings. The van der Waals surface area contributed by atoms with Crippen LogP contribution in [0.3, 0.4) is 0 Å². The third-order valence-corrected chi connectivity index (χ3v) is 6.63. The fourth-order valence-corrected chi connectivity index (χ4v) is 5.06. The van der Waals surface area contributed by atoms with Crippen LogP contribution in [0.1, 0.15) is 65.3 Å². The summed E-state index contributed by atoms with van der Waals surface area (Å²) in [5, 5.41) is 22.3. The van der Waals surface area contributed by atoms with Crippen LogP contribution in [0.25, 0.3) is 10.2 Å². The van der Waals surface area contributed by atoms with E-state index in [1.165, 1.54) is 32.1 Å². The van der Waals surface area contributed by atoms with Gasteiger partial charge in [0.15, 0.2) is 6.23 Å². The van der Waals surface area contributed by atoms with E-state index in [1.807, 2.05) is 13.0 Å². The largest absolute Gasteiger partial charge is 0.369 e. The first-order valence-electron chi connectivity index (χ1n) is 9.82. The number of carbonyl (C=O) groups excluding carboxylic acids is 1. The number of aliphatic hydroxyl groups is 1. The number of nitrogens with zero attached hydrogens (tertiary/aromatic N) is 2. The summed E-state index contributed by atoms with van der Waals surface area (Å²) >= 11 is 1.60. The zero-order valence-electron chi connectivity index (χ0n) is 16.2. The molecule has 7 heteroatoms. The van der Waals surface area contributed by atoms with Gasteiger partial charge in [-0.25, -0.2) is 0 Å². The molecule has 0 bridgehead atoms. The first kappa shape index (κ1) is 19.0. The molecule has 1 aromatic carbocycles. The lowest BCUT2D eigenvalue weighted by molar-refractivity contribution is 0.0963. The molecule has 1 amide bonds. The number of hydrogen-bond donors (Lipinski definition) is 3. The van der Waals surface area contributed by atoms with Gasteiger partial charge in [-0.05, 0) is 50.1 Å². The number of aliphatic hydroxyl groups excluding tert-OH is 1. The highest BCUT2D eigenvalue weighted by molar-refractivity contribution is 7.18. The van der Waals surface area contributed by atoms with Crippen LogP contribution in [-0.4, -0.2) is 27.8 Å². The standard InChI is InChI=1S/C21H26N4O2S/c1-13-17-12-18(28-21(17)25(24-13)16-6-4-3-5-7-16)20(27)23-15-10-8-14(9-11-15)19(26)22-2/h8-12,16,20,23,27H,3-7H2,1-2H3,(H,22,26). The number of fused-ring (bicyclic) bond motifs is 1. The van der Waals surface area contributed by atoms with Crippen molar-refractivity contribution < 1.29 is 9.90 Å².